The molecule has 2 aromatic carbocycles. The van der Waals surface area contributed by atoms with Crippen molar-refractivity contribution in [1.29, 1.82) is 0 Å². The normalized spacial score (nSPS) is 10.5. The van der Waals surface area contributed by atoms with Crippen molar-refractivity contribution in [2.24, 2.45) is 0 Å². The Kier molecular flexibility index (Phi) is 5.85. The molecule has 0 saturated carbocycles. The fourth-order valence-electron chi connectivity index (χ4n) is 1.80. The van der Waals surface area contributed by atoms with Gasteiger partial charge >= 0.3 is 0 Å². The van der Waals surface area contributed by atoms with Crippen LogP contribution in [0.4, 0.5) is 0 Å². The van der Waals surface area contributed by atoms with Crippen LogP contribution in [0.15, 0.2) is 45.3 Å². The molecule has 0 aromatic heterocycles. The van der Waals surface area contributed by atoms with E-state index in [1.165, 1.54) is 0 Å². The van der Waals surface area contributed by atoms with Crippen molar-refractivity contribution in [3.05, 3.63) is 61.5 Å². The Balaban J connectivity index is 2.29. The zero-order valence-electron chi connectivity index (χ0n) is 11.3. The van der Waals surface area contributed by atoms with Crippen LogP contribution in [0.3, 0.4) is 0 Å². The Morgan fingerprint density at radius 2 is 1.90 bits per heavy atom. The summed E-state index contributed by atoms with van der Waals surface area (Å²) in [5.41, 5.74) is 1.17. The molecule has 0 spiro atoms. The van der Waals surface area contributed by atoms with Crippen LogP contribution in [0, 0.1) is 0 Å². The quantitative estimate of drug-likeness (QED) is 0.551. The molecule has 0 amide bonds. The average molecular weight is 433 g/mol. The number of hydrogen-bond donors (Lipinski definition) is 0. The molecule has 0 heterocycles. The Morgan fingerprint density at radius 1 is 1.14 bits per heavy atom. The molecule has 0 N–H and O–H groups in total. The molecule has 0 unspecified atom stereocenters. The first-order valence-corrected chi connectivity index (χ1v) is 8.41. The van der Waals surface area contributed by atoms with Crippen LogP contribution in [-0.4, -0.2) is 12.4 Å². The molecular weight excluding hydrogens is 419 g/mol. The summed E-state index contributed by atoms with van der Waals surface area (Å²) in [6, 6.07) is 10.5. The minimum absolute atomic E-state index is 0.0683. The van der Waals surface area contributed by atoms with Gasteiger partial charge in [-0.2, -0.15) is 0 Å². The fraction of sp³-hybridized carbons (Fsp3) is 0.188. The first-order valence-electron chi connectivity index (χ1n) is 6.45. The molecule has 0 fully saturated rings. The summed E-state index contributed by atoms with van der Waals surface area (Å²) >= 11 is 12.7. The maximum absolute atomic E-state index is 12.5. The lowest BCUT2D eigenvalue weighted by Crippen LogP contribution is -2.03. The van der Waals surface area contributed by atoms with Gasteiger partial charge in [-0.25, -0.2) is 0 Å². The predicted octanol–water partition coefficient (Wildman–Crippen LogP) is 5.88. The van der Waals surface area contributed by atoms with Crippen LogP contribution in [-0.2, 0) is 0 Å². The standard InChI is InChI=1S/C16H13Br2ClO2/c1-2-7-21-15-6-3-10(8-14(15)18)16(20)12-5-4-11(19)9-13(12)17/h3-6,8-9H,2,7H2,1H3. The molecule has 0 aliphatic heterocycles. The molecule has 2 rings (SSSR count). The third-order valence-electron chi connectivity index (χ3n) is 2.83. The van der Waals surface area contributed by atoms with Crippen molar-refractivity contribution in [2.75, 3.05) is 6.61 Å². The summed E-state index contributed by atoms with van der Waals surface area (Å²) in [7, 11) is 0. The van der Waals surface area contributed by atoms with Crippen molar-refractivity contribution < 1.29 is 9.53 Å². The molecule has 110 valence electrons. The molecule has 0 radical (unpaired) electrons. The maximum Gasteiger partial charge on any atom is 0.194 e. The van der Waals surface area contributed by atoms with Crippen LogP contribution in [0.25, 0.3) is 0 Å². The average Bonchev–Trinajstić information content (AvgIpc) is 2.45. The van der Waals surface area contributed by atoms with Gasteiger partial charge < -0.3 is 4.74 Å². The summed E-state index contributed by atoms with van der Waals surface area (Å²) in [5, 5.41) is 0.586. The summed E-state index contributed by atoms with van der Waals surface area (Å²) in [6.45, 7) is 2.69. The molecule has 0 aliphatic rings. The summed E-state index contributed by atoms with van der Waals surface area (Å²) in [6.07, 6.45) is 0.935. The van der Waals surface area contributed by atoms with Gasteiger partial charge in [0.05, 0.1) is 11.1 Å². The van der Waals surface area contributed by atoms with Crippen LogP contribution in [0.1, 0.15) is 29.3 Å². The number of carbonyl (C=O) groups is 1. The smallest absolute Gasteiger partial charge is 0.194 e. The highest BCUT2D eigenvalue weighted by Gasteiger charge is 2.14. The number of halogens is 3. The van der Waals surface area contributed by atoms with Crippen LogP contribution in [0.2, 0.25) is 5.02 Å². The van der Waals surface area contributed by atoms with Gasteiger partial charge in [0.1, 0.15) is 5.75 Å². The van der Waals surface area contributed by atoms with Crippen molar-refractivity contribution in [2.45, 2.75) is 13.3 Å². The van der Waals surface area contributed by atoms with E-state index in [1.54, 1.807) is 36.4 Å². The minimum Gasteiger partial charge on any atom is -0.492 e. The van der Waals surface area contributed by atoms with Gasteiger partial charge in [-0.05, 0) is 74.7 Å². The van der Waals surface area contributed by atoms with Gasteiger partial charge in [0.25, 0.3) is 0 Å². The molecule has 0 aliphatic carbocycles. The topological polar surface area (TPSA) is 26.3 Å². The fourth-order valence-corrected chi connectivity index (χ4v) is 3.16. The second kappa shape index (κ2) is 7.43. The number of benzene rings is 2. The lowest BCUT2D eigenvalue weighted by molar-refractivity contribution is 0.103. The molecule has 2 nitrogen and oxygen atoms in total. The van der Waals surface area contributed by atoms with E-state index in [4.69, 9.17) is 16.3 Å². The largest absolute Gasteiger partial charge is 0.492 e. The van der Waals surface area contributed by atoms with Crippen molar-refractivity contribution in [3.63, 3.8) is 0 Å². The first-order chi connectivity index (χ1) is 10.0. The highest BCUT2D eigenvalue weighted by Crippen LogP contribution is 2.29. The Morgan fingerprint density at radius 3 is 2.52 bits per heavy atom. The molecule has 5 heteroatoms. The highest BCUT2D eigenvalue weighted by molar-refractivity contribution is 9.10. The number of hydrogen-bond acceptors (Lipinski definition) is 2. The van der Waals surface area contributed by atoms with Gasteiger partial charge in [0.2, 0.25) is 0 Å². The van der Waals surface area contributed by atoms with Crippen molar-refractivity contribution in [3.8, 4) is 5.75 Å². The van der Waals surface area contributed by atoms with E-state index in [2.05, 4.69) is 31.9 Å². The van der Waals surface area contributed by atoms with E-state index in [0.29, 0.717) is 27.2 Å². The Hall–Kier alpha value is -0.840. The zero-order valence-corrected chi connectivity index (χ0v) is 15.3. The molecule has 2 aromatic rings. The summed E-state index contributed by atoms with van der Waals surface area (Å²) in [5.74, 6) is 0.671. The minimum atomic E-state index is -0.0683. The van der Waals surface area contributed by atoms with Crippen molar-refractivity contribution in [1.82, 2.24) is 0 Å². The second-order valence-electron chi connectivity index (χ2n) is 4.45. The van der Waals surface area contributed by atoms with E-state index in [0.717, 1.165) is 16.6 Å². The van der Waals surface area contributed by atoms with Crippen LogP contribution < -0.4 is 4.74 Å². The van der Waals surface area contributed by atoms with Crippen molar-refractivity contribution >= 4 is 49.2 Å². The van der Waals surface area contributed by atoms with Gasteiger partial charge in [-0.1, -0.05) is 18.5 Å². The second-order valence-corrected chi connectivity index (χ2v) is 6.59. The third-order valence-corrected chi connectivity index (χ3v) is 4.34. The molecule has 0 saturated heterocycles. The van der Waals surface area contributed by atoms with E-state index >= 15 is 0 Å². The zero-order chi connectivity index (χ0) is 15.4. The highest BCUT2D eigenvalue weighted by atomic mass is 79.9. The first kappa shape index (κ1) is 16.5. The van der Waals surface area contributed by atoms with E-state index in [9.17, 15) is 4.79 Å². The summed E-state index contributed by atoms with van der Waals surface area (Å²) < 4.78 is 7.03. The number of carbonyl (C=O) groups excluding carboxylic acids is 1. The van der Waals surface area contributed by atoms with E-state index in [1.807, 2.05) is 6.92 Å². The molecule has 0 atom stereocenters. The summed E-state index contributed by atoms with van der Waals surface area (Å²) in [4.78, 5) is 12.5. The molecular formula is C16H13Br2ClO2. The van der Waals surface area contributed by atoms with E-state index < -0.39 is 0 Å². The Labute approximate surface area is 145 Å². The third kappa shape index (κ3) is 4.09. The van der Waals surface area contributed by atoms with Gasteiger partial charge in [0, 0.05) is 20.6 Å². The van der Waals surface area contributed by atoms with Crippen LogP contribution >= 0.6 is 43.5 Å². The number of rotatable bonds is 5. The van der Waals surface area contributed by atoms with Gasteiger partial charge in [0.15, 0.2) is 5.78 Å². The number of ketones is 1. The Bertz CT molecular complexity index is 671. The predicted molar refractivity (Wildman–Crippen MR) is 92.5 cm³/mol. The van der Waals surface area contributed by atoms with Crippen LogP contribution in [0.5, 0.6) is 5.75 Å². The van der Waals surface area contributed by atoms with E-state index in [-0.39, 0.29) is 5.78 Å². The molecule has 21 heavy (non-hydrogen) atoms. The maximum atomic E-state index is 12.5. The lowest BCUT2D eigenvalue weighted by atomic mass is 10.0. The number of ether oxygens (including phenoxy) is 1. The molecule has 0 bridgehead atoms. The lowest BCUT2D eigenvalue weighted by Gasteiger charge is -2.09. The SMILES string of the molecule is CCCOc1ccc(C(=O)c2ccc(Cl)cc2Br)cc1Br. The van der Waals surface area contributed by atoms with Gasteiger partial charge in [-0.15, -0.1) is 0 Å². The van der Waals surface area contributed by atoms with Gasteiger partial charge in [-0.3, -0.25) is 4.79 Å². The monoisotopic (exact) mass is 430 g/mol.